The monoisotopic (exact) mass is 272 g/mol. The van der Waals surface area contributed by atoms with Gasteiger partial charge >= 0.3 is 5.97 Å². The van der Waals surface area contributed by atoms with Crippen molar-refractivity contribution in [3.63, 3.8) is 0 Å². The van der Waals surface area contributed by atoms with Crippen LogP contribution in [0.1, 0.15) is 25.1 Å². The number of carbonyl (C=O) groups is 1. The lowest BCUT2D eigenvalue weighted by molar-refractivity contribution is -0.139. The number of aliphatic carboxylic acids is 1. The van der Waals surface area contributed by atoms with Crippen LogP contribution in [-0.4, -0.2) is 22.6 Å². The Kier molecular flexibility index (Phi) is 4.71. The number of carboxylic acid groups (broad SMARTS) is 1. The third kappa shape index (κ3) is 3.60. The van der Waals surface area contributed by atoms with E-state index in [2.05, 4.69) is 26.2 Å². The molecule has 5 heteroatoms. The first-order chi connectivity index (χ1) is 7.15. The Labute approximate surface area is 96.8 Å². The molecular formula is C10H13BrN2O2. The van der Waals surface area contributed by atoms with Gasteiger partial charge in [-0.05, 0) is 41.0 Å². The highest BCUT2D eigenvalue weighted by atomic mass is 79.9. The number of halogens is 1. The van der Waals surface area contributed by atoms with E-state index in [4.69, 9.17) is 5.11 Å². The smallest absolute Gasteiger partial charge is 0.326 e. The summed E-state index contributed by atoms with van der Waals surface area (Å²) in [4.78, 5) is 15.0. The van der Waals surface area contributed by atoms with E-state index in [1.165, 1.54) is 0 Å². The molecule has 0 fully saturated rings. The molecular weight excluding hydrogens is 260 g/mol. The van der Waals surface area contributed by atoms with Crippen LogP contribution in [0.5, 0.6) is 0 Å². The van der Waals surface area contributed by atoms with E-state index < -0.39 is 12.0 Å². The average Bonchev–Trinajstić information content (AvgIpc) is 2.21. The fraction of sp³-hybridized carbons (Fsp3) is 0.400. The maximum absolute atomic E-state index is 11.0. The number of hydrogen-bond donors (Lipinski definition) is 2. The van der Waals surface area contributed by atoms with Gasteiger partial charge in [-0.15, -0.1) is 0 Å². The normalized spacial score (nSPS) is 12.4. The fourth-order valence-corrected chi connectivity index (χ4v) is 1.40. The van der Waals surface area contributed by atoms with E-state index in [1.54, 1.807) is 18.3 Å². The van der Waals surface area contributed by atoms with Gasteiger partial charge in [0.2, 0.25) is 0 Å². The maximum Gasteiger partial charge on any atom is 0.326 e. The molecule has 0 spiro atoms. The van der Waals surface area contributed by atoms with Gasteiger partial charge in [0, 0.05) is 10.7 Å². The molecule has 0 saturated heterocycles. The van der Waals surface area contributed by atoms with E-state index >= 15 is 0 Å². The number of rotatable bonds is 5. The van der Waals surface area contributed by atoms with Crippen LogP contribution in [-0.2, 0) is 4.79 Å². The molecule has 1 aromatic heterocycles. The van der Waals surface area contributed by atoms with Crippen molar-refractivity contribution in [2.75, 3.05) is 6.54 Å². The van der Waals surface area contributed by atoms with Crippen molar-refractivity contribution in [1.82, 2.24) is 10.3 Å². The van der Waals surface area contributed by atoms with Gasteiger partial charge in [-0.1, -0.05) is 6.92 Å². The Morgan fingerprint density at radius 2 is 2.40 bits per heavy atom. The third-order valence-corrected chi connectivity index (χ3v) is 2.36. The molecule has 0 saturated carbocycles. The molecule has 4 nitrogen and oxygen atoms in total. The first-order valence-corrected chi connectivity index (χ1v) is 5.52. The second-order valence-corrected chi connectivity index (χ2v) is 4.04. The summed E-state index contributed by atoms with van der Waals surface area (Å²) in [7, 11) is 0. The van der Waals surface area contributed by atoms with Crippen molar-refractivity contribution in [1.29, 1.82) is 0 Å². The highest BCUT2D eigenvalue weighted by molar-refractivity contribution is 9.10. The van der Waals surface area contributed by atoms with Crippen LogP contribution in [0.2, 0.25) is 0 Å². The molecule has 0 aromatic carbocycles. The molecule has 82 valence electrons. The molecule has 0 amide bonds. The SMILES string of the molecule is CCCNC(C(=O)O)c1ccc(Br)cn1. The van der Waals surface area contributed by atoms with Crippen LogP contribution in [0.4, 0.5) is 0 Å². The van der Waals surface area contributed by atoms with E-state index in [1.807, 2.05) is 6.92 Å². The number of nitrogens with zero attached hydrogens (tertiary/aromatic N) is 1. The molecule has 0 radical (unpaired) electrons. The molecule has 1 rings (SSSR count). The topological polar surface area (TPSA) is 62.2 Å². The molecule has 1 heterocycles. The molecule has 0 bridgehead atoms. The van der Waals surface area contributed by atoms with Crippen LogP contribution in [0.15, 0.2) is 22.8 Å². The summed E-state index contributed by atoms with van der Waals surface area (Å²) in [5.41, 5.74) is 0.527. The number of nitrogens with one attached hydrogen (secondary N) is 1. The first kappa shape index (κ1) is 12.1. The lowest BCUT2D eigenvalue weighted by Crippen LogP contribution is -2.29. The van der Waals surface area contributed by atoms with Crippen LogP contribution < -0.4 is 5.32 Å². The summed E-state index contributed by atoms with van der Waals surface area (Å²) in [5, 5.41) is 11.9. The lowest BCUT2D eigenvalue weighted by Gasteiger charge is -2.12. The largest absolute Gasteiger partial charge is 0.480 e. The van der Waals surface area contributed by atoms with Crippen molar-refractivity contribution >= 4 is 21.9 Å². The lowest BCUT2D eigenvalue weighted by atomic mass is 10.2. The second kappa shape index (κ2) is 5.82. The Balaban J connectivity index is 2.79. The molecule has 0 aliphatic heterocycles. The fourth-order valence-electron chi connectivity index (χ4n) is 1.17. The van der Waals surface area contributed by atoms with Crippen LogP contribution in [0, 0.1) is 0 Å². The Morgan fingerprint density at radius 1 is 1.67 bits per heavy atom. The Hall–Kier alpha value is -0.940. The maximum atomic E-state index is 11.0. The molecule has 1 unspecified atom stereocenters. The number of hydrogen-bond acceptors (Lipinski definition) is 3. The minimum Gasteiger partial charge on any atom is -0.480 e. The zero-order chi connectivity index (χ0) is 11.3. The second-order valence-electron chi connectivity index (χ2n) is 3.13. The highest BCUT2D eigenvalue weighted by Crippen LogP contribution is 2.14. The summed E-state index contributed by atoms with van der Waals surface area (Å²) in [6.45, 7) is 2.65. The number of carboxylic acids is 1. The van der Waals surface area contributed by atoms with Gasteiger partial charge in [0.15, 0.2) is 0 Å². The van der Waals surface area contributed by atoms with Crippen LogP contribution in [0.3, 0.4) is 0 Å². The molecule has 0 aliphatic carbocycles. The molecule has 1 atom stereocenters. The zero-order valence-corrected chi connectivity index (χ0v) is 9.99. The Bertz CT molecular complexity index is 327. The first-order valence-electron chi connectivity index (χ1n) is 4.72. The van der Waals surface area contributed by atoms with Gasteiger partial charge < -0.3 is 5.11 Å². The molecule has 2 N–H and O–H groups in total. The van der Waals surface area contributed by atoms with Crippen molar-refractivity contribution in [3.05, 3.63) is 28.5 Å². The van der Waals surface area contributed by atoms with E-state index in [0.717, 1.165) is 10.9 Å². The quantitative estimate of drug-likeness (QED) is 0.861. The zero-order valence-electron chi connectivity index (χ0n) is 8.40. The van der Waals surface area contributed by atoms with E-state index in [-0.39, 0.29) is 0 Å². The standard InChI is InChI=1S/C10H13BrN2O2/c1-2-5-12-9(10(14)15)8-4-3-7(11)6-13-8/h3-4,6,9,12H,2,5H2,1H3,(H,14,15). The molecule has 15 heavy (non-hydrogen) atoms. The number of aromatic nitrogens is 1. The van der Waals surface area contributed by atoms with Crippen molar-refractivity contribution in [3.8, 4) is 0 Å². The minimum atomic E-state index is -0.904. The molecule has 0 aliphatic rings. The van der Waals surface area contributed by atoms with E-state index in [0.29, 0.717) is 12.2 Å². The predicted molar refractivity (Wildman–Crippen MR) is 60.6 cm³/mol. The summed E-state index contributed by atoms with van der Waals surface area (Å²) in [5.74, 6) is -0.904. The molecule has 1 aromatic rings. The summed E-state index contributed by atoms with van der Waals surface area (Å²) in [6, 6.07) is 2.76. The van der Waals surface area contributed by atoms with Crippen molar-refractivity contribution in [2.45, 2.75) is 19.4 Å². The summed E-state index contributed by atoms with van der Waals surface area (Å²) in [6.07, 6.45) is 2.49. The van der Waals surface area contributed by atoms with Gasteiger partial charge in [-0.25, -0.2) is 0 Å². The van der Waals surface area contributed by atoms with Crippen molar-refractivity contribution in [2.24, 2.45) is 0 Å². The highest BCUT2D eigenvalue weighted by Gasteiger charge is 2.19. The average molecular weight is 273 g/mol. The summed E-state index contributed by atoms with van der Waals surface area (Å²) >= 11 is 3.25. The van der Waals surface area contributed by atoms with Crippen LogP contribution in [0.25, 0.3) is 0 Å². The Morgan fingerprint density at radius 3 is 2.87 bits per heavy atom. The van der Waals surface area contributed by atoms with Gasteiger partial charge in [-0.2, -0.15) is 0 Å². The van der Waals surface area contributed by atoms with Gasteiger partial charge in [0.05, 0.1) is 5.69 Å². The van der Waals surface area contributed by atoms with Crippen molar-refractivity contribution < 1.29 is 9.90 Å². The van der Waals surface area contributed by atoms with Gasteiger partial charge in [-0.3, -0.25) is 15.1 Å². The van der Waals surface area contributed by atoms with Gasteiger partial charge in [0.25, 0.3) is 0 Å². The van der Waals surface area contributed by atoms with Gasteiger partial charge in [0.1, 0.15) is 6.04 Å². The summed E-state index contributed by atoms with van der Waals surface area (Å²) < 4.78 is 0.839. The minimum absolute atomic E-state index is 0.527. The number of pyridine rings is 1. The third-order valence-electron chi connectivity index (χ3n) is 1.89. The van der Waals surface area contributed by atoms with Crippen LogP contribution >= 0.6 is 15.9 Å². The van der Waals surface area contributed by atoms with E-state index in [9.17, 15) is 4.79 Å². The predicted octanol–water partition coefficient (Wildman–Crippen LogP) is 1.97.